The van der Waals surface area contributed by atoms with E-state index in [4.69, 9.17) is 11.6 Å². The number of carbonyl (C=O) groups excluding carboxylic acids is 1. The number of carbonyl (C=O) groups is 1. The largest absolute Gasteiger partial charge is 0.402 e. The van der Waals surface area contributed by atoms with Gasteiger partial charge in [-0.1, -0.05) is 23.7 Å². The van der Waals surface area contributed by atoms with Gasteiger partial charge in [-0.3, -0.25) is 4.79 Å². The van der Waals surface area contributed by atoms with E-state index in [9.17, 15) is 26.4 Å². The first-order chi connectivity index (χ1) is 12.0. The van der Waals surface area contributed by atoms with Crippen LogP contribution < -0.4 is 10.0 Å². The number of alkyl halides is 3. The molecule has 2 N–H and O–H groups in total. The van der Waals surface area contributed by atoms with Crippen LogP contribution in [0.4, 0.5) is 18.9 Å². The van der Waals surface area contributed by atoms with E-state index in [0.717, 1.165) is 12.1 Å². The zero-order valence-electron chi connectivity index (χ0n) is 13.4. The predicted octanol–water partition coefficient (Wildman–Crippen LogP) is 3.74. The number of amides is 1. The fraction of sp³-hybridized carbons (Fsp3) is 0.188. The lowest BCUT2D eigenvalue weighted by molar-refractivity contribution is -0.121. The molecule has 0 aliphatic rings. The first-order valence-corrected chi connectivity index (χ1v) is 9.09. The summed E-state index contributed by atoms with van der Waals surface area (Å²) in [6.07, 6.45) is -4.69. The molecular weight excluding hydrogens is 393 g/mol. The van der Waals surface area contributed by atoms with E-state index in [1.165, 1.54) is 16.9 Å². The molecule has 10 heteroatoms. The van der Waals surface area contributed by atoms with Gasteiger partial charge >= 0.3 is 6.18 Å². The lowest BCUT2D eigenvalue weighted by Gasteiger charge is -2.12. The van der Waals surface area contributed by atoms with Crippen LogP contribution in [-0.2, 0) is 10.0 Å². The second-order valence-corrected chi connectivity index (χ2v) is 7.51. The predicted molar refractivity (Wildman–Crippen MR) is 91.8 cm³/mol. The fourth-order valence-corrected chi connectivity index (χ4v) is 3.24. The first kappa shape index (κ1) is 20.2. The van der Waals surface area contributed by atoms with Crippen LogP contribution >= 0.6 is 11.6 Å². The van der Waals surface area contributed by atoms with Gasteiger partial charge < -0.3 is 5.32 Å². The number of rotatable bonds is 5. The SMILES string of the molecule is Cc1c(Cl)cccc1NC(=O)c1cccc(S(=O)(=O)NCC(F)(F)F)c1. The van der Waals surface area contributed by atoms with Gasteiger partial charge in [0.25, 0.3) is 5.91 Å². The molecule has 0 spiro atoms. The number of benzene rings is 2. The molecule has 2 aromatic carbocycles. The van der Waals surface area contributed by atoms with E-state index < -0.39 is 33.5 Å². The van der Waals surface area contributed by atoms with Gasteiger partial charge in [0.1, 0.15) is 6.54 Å². The Kier molecular flexibility index (Phi) is 5.94. The molecule has 0 atom stereocenters. The normalized spacial score (nSPS) is 12.0. The van der Waals surface area contributed by atoms with Crippen LogP contribution in [0.25, 0.3) is 0 Å². The van der Waals surface area contributed by atoms with Crippen LogP contribution in [0.3, 0.4) is 0 Å². The molecular formula is C16H14ClF3N2O3S. The Morgan fingerprint density at radius 3 is 2.46 bits per heavy atom. The zero-order chi connectivity index (χ0) is 19.5. The highest BCUT2D eigenvalue weighted by molar-refractivity contribution is 7.89. The van der Waals surface area contributed by atoms with Crippen molar-refractivity contribution in [1.29, 1.82) is 0 Å². The molecule has 0 saturated carbocycles. The molecule has 2 aromatic rings. The first-order valence-electron chi connectivity index (χ1n) is 7.22. The molecule has 0 unspecified atom stereocenters. The summed E-state index contributed by atoms with van der Waals surface area (Å²) >= 11 is 5.97. The van der Waals surface area contributed by atoms with Gasteiger partial charge in [-0.25, -0.2) is 13.1 Å². The molecule has 0 saturated heterocycles. The maximum Gasteiger partial charge on any atom is 0.402 e. The minimum Gasteiger partial charge on any atom is -0.322 e. The Labute approximate surface area is 153 Å². The van der Waals surface area contributed by atoms with Crippen LogP contribution in [0.2, 0.25) is 5.02 Å². The quantitative estimate of drug-likeness (QED) is 0.794. The molecule has 0 aromatic heterocycles. The van der Waals surface area contributed by atoms with E-state index in [1.807, 2.05) is 0 Å². The van der Waals surface area contributed by atoms with Crippen molar-refractivity contribution in [2.75, 3.05) is 11.9 Å². The van der Waals surface area contributed by atoms with Crippen molar-refractivity contribution >= 4 is 33.2 Å². The zero-order valence-corrected chi connectivity index (χ0v) is 15.0. The standard InChI is InChI=1S/C16H14ClF3N2O3S/c1-10-13(17)6-3-7-14(10)22-15(23)11-4-2-5-12(8-11)26(24,25)21-9-16(18,19)20/h2-8,21H,9H2,1H3,(H,22,23). The van der Waals surface area contributed by atoms with Crippen LogP contribution in [0.5, 0.6) is 0 Å². The molecule has 0 bridgehead atoms. The summed E-state index contributed by atoms with van der Waals surface area (Å²) in [6, 6.07) is 9.59. The van der Waals surface area contributed by atoms with Crippen LogP contribution in [0.1, 0.15) is 15.9 Å². The van der Waals surface area contributed by atoms with Crippen molar-refractivity contribution in [2.24, 2.45) is 0 Å². The number of hydrogen-bond donors (Lipinski definition) is 2. The van der Waals surface area contributed by atoms with Crippen LogP contribution in [-0.4, -0.2) is 27.0 Å². The third-order valence-corrected chi connectivity index (χ3v) is 5.19. The summed E-state index contributed by atoms with van der Waals surface area (Å²) in [6.45, 7) is -0.00659. The highest BCUT2D eigenvalue weighted by Crippen LogP contribution is 2.24. The molecule has 1 amide bonds. The highest BCUT2D eigenvalue weighted by Gasteiger charge is 2.30. The van der Waals surface area contributed by atoms with Gasteiger partial charge in [0.2, 0.25) is 10.0 Å². The summed E-state index contributed by atoms with van der Waals surface area (Å²) in [5.41, 5.74) is 1.03. The minimum absolute atomic E-state index is 0.0285. The molecule has 0 fully saturated rings. The number of sulfonamides is 1. The van der Waals surface area contributed by atoms with Crippen molar-refractivity contribution < 1.29 is 26.4 Å². The molecule has 26 heavy (non-hydrogen) atoms. The third kappa shape index (κ3) is 5.20. The van der Waals surface area contributed by atoms with E-state index in [-0.39, 0.29) is 5.56 Å². The average molecular weight is 407 g/mol. The van der Waals surface area contributed by atoms with Gasteiger partial charge in [0.15, 0.2) is 0 Å². The van der Waals surface area contributed by atoms with E-state index in [2.05, 4.69) is 5.32 Å². The topological polar surface area (TPSA) is 75.3 Å². The number of nitrogens with one attached hydrogen (secondary N) is 2. The summed E-state index contributed by atoms with van der Waals surface area (Å²) in [4.78, 5) is 11.9. The van der Waals surface area contributed by atoms with E-state index >= 15 is 0 Å². The average Bonchev–Trinajstić information content (AvgIpc) is 2.57. The molecule has 0 heterocycles. The maximum atomic E-state index is 12.3. The summed E-state index contributed by atoms with van der Waals surface area (Å²) in [7, 11) is -4.41. The van der Waals surface area contributed by atoms with Gasteiger partial charge in [-0.2, -0.15) is 13.2 Å². The molecule has 0 aliphatic heterocycles. The van der Waals surface area contributed by atoms with Gasteiger partial charge in [-0.05, 0) is 42.8 Å². The monoisotopic (exact) mass is 406 g/mol. The van der Waals surface area contributed by atoms with Gasteiger partial charge in [0.05, 0.1) is 4.90 Å². The Balaban J connectivity index is 2.23. The Morgan fingerprint density at radius 1 is 1.15 bits per heavy atom. The molecule has 2 rings (SSSR count). The van der Waals surface area contributed by atoms with Crippen molar-refractivity contribution in [1.82, 2.24) is 4.72 Å². The van der Waals surface area contributed by atoms with Crippen molar-refractivity contribution in [3.63, 3.8) is 0 Å². The smallest absolute Gasteiger partial charge is 0.322 e. The Bertz CT molecular complexity index is 931. The Hall–Kier alpha value is -2.10. The second kappa shape index (κ2) is 7.65. The molecule has 5 nitrogen and oxygen atoms in total. The lowest BCUT2D eigenvalue weighted by Crippen LogP contribution is -2.33. The highest BCUT2D eigenvalue weighted by atomic mass is 35.5. The van der Waals surface area contributed by atoms with Crippen LogP contribution in [0, 0.1) is 6.92 Å². The summed E-state index contributed by atoms with van der Waals surface area (Å²) < 4.78 is 62.0. The van der Waals surface area contributed by atoms with Crippen molar-refractivity contribution in [3.8, 4) is 0 Å². The van der Waals surface area contributed by atoms with Crippen molar-refractivity contribution in [2.45, 2.75) is 18.0 Å². The number of anilines is 1. The number of hydrogen-bond acceptors (Lipinski definition) is 3. The van der Waals surface area contributed by atoms with E-state index in [0.29, 0.717) is 16.3 Å². The molecule has 0 radical (unpaired) electrons. The lowest BCUT2D eigenvalue weighted by atomic mass is 10.1. The van der Waals surface area contributed by atoms with Crippen LogP contribution in [0.15, 0.2) is 47.4 Å². The number of halogens is 4. The third-order valence-electron chi connectivity index (χ3n) is 3.39. The summed E-state index contributed by atoms with van der Waals surface area (Å²) in [5, 5.41) is 3.02. The summed E-state index contributed by atoms with van der Waals surface area (Å²) in [5.74, 6) is -0.622. The second-order valence-electron chi connectivity index (χ2n) is 5.33. The molecule has 0 aliphatic carbocycles. The molecule has 140 valence electrons. The maximum absolute atomic E-state index is 12.3. The van der Waals surface area contributed by atoms with Gasteiger partial charge in [-0.15, -0.1) is 0 Å². The van der Waals surface area contributed by atoms with E-state index in [1.54, 1.807) is 25.1 Å². The van der Waals surface area contributed by atoms with Crippen molar-refractivity contribution in [3.05, 3.63) is 58.6 Å². The van der Waals surface area contributed by atoms with Gasteiger partial charge in [0, 0.05) is 16.3 Å². The fourth-order valence-electron chi connectivity index (χ4n) is 2.00. The Morgan fingerprint density at radius 2 is 1.81 bits per heavy atom. The minimum atomic E-state index is -4.69.